The van der Waals surface area contributed by atoms with Crippen LogP contribution in [0.15, 0.2) is 0 Å². The Balaban J connectivity index is 2.80. The van der Waals surface area contributed by atoms with Crippen molar-refractivity contribution in [3.05, 3.63) is 16.0 Å². The third kappa shape index (κ3) is 4.07. The number of hydrogen-bond acceptors (Lipinski definition) is 4. The number of carbonyl (C=O) groups is 2. The molecule has 6 heteroatoms. The van der Waals surface area contributed by atoms with E-state index in [1.54, 1.807) is 13.8 Å². The van der Waals surface area contributed by atoms with Crippen LogP contribution < -0.4 is 5.32 Å². The molecule has 2 N–H and O–H groups in total. The Hall–Kier alpha value is -1.87. The molecule has 1 aromatic heterocycles. The minimum Gasteiger partial charge on any atom is -0.481 e. The van der Waals surface area contributed by atoms with Gasteiger partial charge in [0.1, 0.15) is 11.1 Å². The van der Waals surface area contributed by atoms with E-state index < -0.39 is 11.4 Å². The van der Waals surface area contributed by atoms with Crippen molar-refractivity contribution >= 4 is 28.2 Å². The lowest BCUT2D eigenvalue weighted by molar-refractivity contribution is -0.139. The number of hydrogen-bond donors (Lipinski definition) is 2. The molecule has 0 saturated heterocycles. The molecule has 1 heterocycles. The summed E-state index contributed by atoms with van der Waals surface area (Å²) in [6, 6.07) is 2.09. The van der Waals surface area contributed by atoms with Gasteiger partial charge in [0.25, 0.3) is 0 Å². The molecule has 0 unspecified atom stereocenters. The van der Waals surface area contributed by atoms with Gasteiger partial charge in [-0.15, -0.1) is 11.3 Å². The zero-order valence-electron chi connectivity index (χ0n) is 12.0. The maximum Gasteiger partial charge on any atom is 0.303 e. The Labute approximate surface area is 122 Å². The molecule has 0 aliphatic rings. The number of aliphatic carboxylic acids is 1. The van der Waals surface area contributed by atoms with Crippen LogP contribution in [0.5, 0.6) is 0 Å². The number of aryl methyl sites for hydroxylation is 1. The van der Waals surface area contributed by atoms with E-state index in [1.165, 1.54) is 11.3 Å². The lowest BCUT2D eigenvalue weighted by Crippen LogP contribution is -2.24. The Morgan fingerprint density at radius 3 is 2.45 bits per heavy atom. The molecule has 0 fully saturated rings. The van der Waals surface area contributed by atoms with Gasteiger partial charge in [-0.05, 0) is 24.8 Å². The standard InChI is InChI=1S/C14H18N2O3S/c1-8-9(2)20-13(10(8)7-15)16-11(17)5-14(3,4)6-12(18)19/h5-6H2,1-4H3,(H,16,17)(H,18,19). The average Bonchev–Trinajstić information content (AvgIpc) is 2.50. The molecule has 0 saturated carbocycles. The van der Waals surface area contributed by atoms with E-state index in [1.807, 2.05) is 13.8 Å². The van der Waals surface area contributed by atoms with Gasteiger partial charge in [-0.3, -0.25) is 9.59 Å². The second-order valence-electron chi connectivity index (χ2n) is 5.56. The molecule has 0 aliphatic heterocycles. The van der Waals surface area contributed by atoms with Gasteiger partial charge in [0.15, 0.2) is 0 Å². The van der Waals surface area contributed by atoms with Gasteiger partial charge < -0.3 is 10.4 Å². The summed E-state index contributed by atoms with van der Waals surface area (Å²) >= 11 is 1.36. The maximum absolute atomic E-state index is 12.0. The predicted octanol–water partition coefficient (Wildman–Crippen LogP) is 3.07. The molecule has 0 bridgehead atoms. The molecule has 1 aromatic rings. The number of rotatable bonds is 5. The summed E-state index contributed by atoms with van der Waals surface area (Å²) in [5, 5.41) is 21.2. The lowest BCUT2D eigenvalue weighted by Gasteiger charge is -2.21. The number of anilines is 1. The zero-order chi connectivity index (χ0) is 15.5. The molecule has 0 aliphatic carbocycles. The van der Waals surface area contributed by atoms with Crippen molar-refractivity contribution in [3.8, 4) is 6.07 Å². The second-order valence-corrected chi connectivity index (χ2v) is 6.78. The van der Waals surface area contributed by atoms with Crippen molar-refractivity contribution in [2.45, 2.75) is 40.5 Å². The van der Waals surface area contributed by atoms with Crippen molar-refractivity contribution < 1.29 is 14.7 Å². The van der Waals surface area contributed by atoms with Gasteiger partial charge in [-0.25, -0.2) is 0 Å². The minimum absolute atomic E-state index is 0.0754. The Morgan fingerprint density at radius 2 is 1.95 bits per heavy atom. The van der Waals surface area contributed by atoms with Crippen LogP contribution in [0.2, 0.25) is 0 Å². The summed E-state index contributed by atoms with van der Waals surface area (Å²) in [6.07, 6.45) is 0.0220. The molecule has 0 spiro atoms. The van der Waals surface area contributed by atoms with Crippen LogP contribution >= 0.6 is 11.3 Å². The van der Waals surface area contributed by atoms with Crippen LogP contribution in [0.4, 0.5) is 5.00 Å². The SMILES string of the molecule is Cc1sc(NC(=O)CC(C)(C)CC(=O)O)c(C#N)c1C. The van der Waals surface area contributed by atoms with Crippen molar-refractivity contribution in [3.63, 3.8) is 0 Å². The average molecular weight is 294 g/mol. The van der Waals surface area contributed by atoms with Gasteiger partial charge in [0.2, 0.25) is 5.91 Å². The molecule has 0 atom stereocenters. The zero-order valence-corrected chi connectivity index (χ0v) is 12.8. The van der Waals surface area contributed by atoms with Crippen LogP contribution in [0.1, 0.15) is 42.7 Å². The quantitative estimate of drug-likeness (QED) is 0.873. The van der Waals surface area contributed by atoms with Crippen molar-refractivity contribution in [1.29, 1.82) is 5.26 Å². The van der Waals surface area contributed by atoms with Crippen LogP contribution in [0.3, 0.4) is 0 Å². The summed E-state index contributed by atoms with van der Waals surface area (Å²) in [4.78, 5) is 23.7. The normalized spacial score (nSPS) is 10.9. The number of carbonyl (C=O) groups excluding carboxylic acids is 1. The summed E-state index contributed by atoms with van der Waals surface area (Å²) < 4.78 is 0. The Kier molecular flexibility index (Phi) is 4.90. The van der Waals surface area contributed by atoms with Gasteiger partial charge >= 0.3 is 5.97 Å². The fourth-order valence-electron chi connectivity index (χ4n) is 1.93. The summed E-state index contributed by atoms with van der Waals surface area (Å²) in [5.74, 6) is -1.20. The summed E-state index contributed by atoms with van der Waals surface area (Å²) in [5.41, 5.74) is 0.735. The number of carboxylic acid groups (broad SMARTS) is 1. The van der Waals surface area contributed by atoms with E-state index in [0.29, 0.717) is 10.6 Å². The van der Waals surface area contributed by atoms with Crippen LogP contribution in [-0.2, 0) is 9.59 Å². The Bertz CT molecular complexity index is 582. The highest BCUT2D eigenvalue weighted by atomic mass is 32.1. The van der Waals surface area contributed by atoms with E-state index in [9.17, 15) is 9.59 Å². The first kappa shape index (κ1) is 16.2. The molecule has 1 rings (SSSR count). The smallest absolute Gasteiger partial charge is 0.303 e. The fraction of sp³-hybridized carbons (Fsp3) is 0.500. The first-order valence-corrected chi connectivity index (χ1v) is 6.99. The molecule has 0 aromatic carbocycles. The number of nitriles is 1. The van der Waals surface area contributed by atoms with Gasteiger partial charge in [0, 0.05) is 11.3 Å². The lowest BCUT2D eigenvalue weighted by atomic mass is 9.85. The number of thiophene rings is 1. The molecular formula is C14H18N2O3S. The number of nitrogens with one attached hydrogen (secondary N) is 1. The van der Waals surface area contributed by atoms with E-state index in [2.05, 4.69) is 11.4 Å². The van der Waals surface area contributed by atoms with E-state index in [4.69, 9.17) is 10.4 Å². The number of nitrogens with zero attached hydrogens (tertiary/aromatic N) is 1. The first-order valence-electron chi connectivity index (χ1n) is 6.18. The first-order chi connectivity index (χ1) is 9.16. The topological polar surface area (TPSA) is 90.2 Å². The third-order valence-corrected chi connectivity index (χ3v) is 4.14. The molecule has 1 amide bonds. The van der Waals surface area contributed by atoms with Crippen molar-refractivity contribution in [2.24, 2.45) is 5.41 Å². The summed E-state index contributed by atoms with van der Waals surface area (Å²) in [6.45, 7) is 7.20. The highest BCUT2D eigenvalue weighted by Crippen LogP contribution is 2.33. The Morgan fingerprint density at radius 1 is 1.35 bits per heavy atom. The monoisotopic (exact) mass is 294 g/mol. The molecule has 108 valence electrons. The van der Waals surface area contributed by atoms with E-state index >= 15 is 0 Å². The van der Waals surface area contributed by atoms with Crippen LogP contribution in [0, 0.1) is 30.6 Å². The third-order valence-electron chi connectivity index (χ3n) is 3.02. The minimum atomic E-state index is -0.927. The van der Waals surface area contributed by atoms with Gasteiger partial charge in [-0.1, -0.05) is 13.8 Å². The second kappa shape index (κ2) is 6.06. The van der Waals surface area contributed by atoms with Crippen molar-refractivity contribution in [1.82, 2.24) is 0 Å². The number of amides is 1. The maximum atomic E-state index is 12.0. The molecule has 0 radical (unpaired) electrons. The molecule has 20 heavy (non-hydrogen) atoms. The van der Waals surface area contributed by atoms with Gasteiger partial charge in [0.05, 0.1) is 12.0 Å². The van der Waals surface area contributed by atoms with E-state index in [-0.39, 0.29) is 18.7 Å². The van der Waals surface area contributed by atoms with Gasteiger partial charge in [-0.2, -0.15) is 5.26 Å². The summed E-state index contributed by atoms with van der Waals surface area (Å²) in [7, 11) is 0. The van der Waals surface area contributed by atoms with Crippen LogP contribution in [-0.4, -0.2) is 17.0 Å². The molecule has 5 nitrogen and oxygen atoms in total. The highest BCUT2D eigenvalue weighted by molar-refractivity contribution is 7.16. The van der Waals surface area contributed by atoms with E-state index in [0.717, 1.165) is 10.4 Å². The molecular weight excluding hydrogens is 276 g/mol. The highest BCUT2D eigenvalue weighted by Gasteiger charge is 2.26. The number of carboxylic acids is 1. The predicted molar refractivity (Wildman–Crippen MR) is 77.8 cm³/mol. The fourth-order valence-corrected chi connectivity index (χ4v) is 2.95. The van der Waals surface area contributed by atoms with Crippen molar-refractivity contribution in [2.75, 3.05) is 5.32 Å². The largest absolute Gasteiger partial charge is 0.481 e. The van der Waals surface area contributed by atoms with Crippen LogP contribution in [0.25, 0.3) is 0 Å².